The van der Waals surface area contributed by atoms with Crippen molar-refractivity contribution in [1.82, 2.24) is 4.90 Å². The van der Waals surface area contributed by atoms with Gasteiger partial charge in [-0.05, 0) is 42.4 Å². The molecule has 15 heavy (non-hydrogen) atoms. The standard InChI is InChI=1S/C11H15NO2S/c1-8-5-9(14-4)7-10(6-8)15-11(13)12(2)3/h5-7H,1-4H3. The van der Waals surface area contributed by atoms with Crippen molar-refractivity contribution in [2.45, 2.75) is 11.8 Å². The highest BCUT2D eigenvalue weighted by atomic mass is 32.2. The molecule has 0 radical (unpaired) electrons. The number of ether oxygens (including phenoxy) is 1. The van der Waals surface area contributed by atoms with Crippen molar-refractivity contribution in [3.63, 3.8) is 0 Å². The molecule has 4 heteroatoms. The quantitative estimate of drug-likeness (QED) is 0.725. The highest BCUT2D eigenvalue weighted by molar-refractivity contribution is 8.13. The molecule has 0 unspecified atom stereocenters. The Morgan fingerprint density at radius 2 is 2.00 bits per heavy atom. The van der Waals surface area contributed by atoms with Crippen molar-refractivity contribution in [2.24, 2.45) is 0 Å². The predicted molar refractivity (Wildman–Crippen MR) is 62.7 cm³/mol. The van der Waals surface area contributed by atoms with Gasteiger partial charge in [-0.1, -0.05) is 0 Å². The van der Waals surface area contributed by atoms with Crippen LogP contribution in [0.2, 0.25) is 0 Å². The zero-order chi connectivity index (χ0) is 11.4. The Bertz CT molecular complexity index is 364. The van der Waals surface area contributed by atoms with Gasteiger partial charge in [0.2, 0.25) is 0 Å². The van der Waals surface area contributed by atoms with E-state index in [1.165, 1.54) is 11.8 Å². The Kier molecular flexibility index (Phi) is 4.03. The lowest BCUT2D eigenvalue weighted by Gasteiger charge is -2.10. The predicted octanol–water partition coefficient (Wildman–Crippen LogP) is 2.78. The van der Waals surface area contributed by atoms with Gasteiger partial charge < -0.3 is 9.64 Å². The molecule has 1 amide bonds. The minimum atomic E-state index is 0.0163. The van der Waals surface area contributed by atoms with Crippen LogP contribution in [0.5, 0.6) is 5.75 Å². The number of carbonyl (C=O) groups excluding carboxylic acids is 1. The minimum absolute atomic E-state index is 0.0163. The van der Waals surface area contributed by atoms with Crippen molar-refractivity contribution in [3.8, 4) is 5.75 Å². The number of carbonyl (C=O) groups is 1. The van der Waals surface area contributed by atoms with Crippen molar-refractivity contribution in [1.29, 1.82) is 0 Å². The maximum Gasteiger partial charge on any atom is 0.285 e. The van der Waals surface area contributed by atoms with Crippen molar-refractivity contribution < 1.29 is 9.53 Å². The molecule has 0 aromatic heterocycles. The Morgan fingerprint density at radius 1 is 1.33 bits per heavy atom. The van der Waals surface area contributed by atoms with Gasteiger partial charge in [0, 0.05) is 19.0 Å². The van der Waals surface area contributed by atoms with Gasteiger partial charge in [-0.2, -0.15) is 0 Å². The first-order chi connectivity index (χ1) is 7.02. The van der Waals surface area contributed by atoms with Crippen LogP contribution in [-0.2, 0) is 0 Å². The Balaban J connectivity index is 2.85. The highest BCUT2D eigenvalue weighted by Gasteiger charge is 2.08. The van der Waals surface area contributed by atoms with Crippen LogP contribution in [0.4, 0.5) is 4.79 Å². The molecule has 0 aliphatic rings. The summed E-state index contributed by atoms with van der Waals surface area (Å²) in [7, 11) is 5.10. The van der Waals surface area contributed by atoms with Crippen LogP contribution in [-0.4, -0.2) is 31.3 Å². The van der Waals surface area contributed by atoms with E-state index in [9.17, 15) is 4.79 Å². The van der Waals surface area contributed by atoms with Gasteiger partial charge in [-0.3, -0.25) is 4.79 Å². The first kappa shape index (κ1) is 11.9. The van der Waals surface area contributed by atoms with Gasteiger partial charge in [0.1, 0.15) is 5.75 Å². The number of rotatable bonds is 2. The molecule has 0 fully saturated rings. The molecule has 0 aliphatic carbocycles. The molecule has 82 valence electrons. The fraction of sp³-hybridized carbons (Fsp3) is 0.364. The van der Waals surface area contributed by atoms with Gasteiger partial charge in [0.25, 0.3) is 5.24 Å². The van der Waals surface area contributed by atoms with Crippen LogP contribution < -0.4 is 4.74 Å². The fourth-order valence-corrected chi connectivity index (χ4v) is 1.89. The summed E-state index contributed by atoms with van der Waals surface area (Å²) in [6.07, 6.45) is 0. The van der Waals surface area contributed by atoms with Crippen LogP contribution in [0.3, 0.4) is 0 Å². The third kappa shape index (κ3) is 3.47. The summed E-state index contributed by atoms with van der Waals surface area (Å²) in [4.78, 5) is 13.9. The van der Waals surface area contributed by atoms with Crippen LogP contribution >= 0.6 is 11.8 Å². The van der Waals surface area contributed by atoms with E-state index >= 15 is 0 Å². The average molecular weight is 225 g/mol. The molecule has 0 N–H and O–H groups in total. The van der Waals surface area contributed by atoms with Crippen molar-refractivity contribution in [3.05, 3.63) is 23.8 Å². The van der Waals surface area contributed by atoms with Crippen molar-refractivity contribution >= 4 is 17.0 Å². The summed E-state index contributed by atoms with van der Waals surface area (Å²) >= 11 is 1.20. The summed E-state index contributed by atoms with van der Waals surface area (Å²) in [5, 5.41) is 0.0163. The second-order valence-corrected chi connectivity index (χ2v) is 4.47. The van der Waals surface area contributed by atoms with E-state index in [4.69, 9.17) is 4.74 Å². The molecular formula is C11H15NO2S. The Hall–Kier alpha value is -1.16. The van der Waals surface area contributed by atoms with Gasteiger partial charge in [-0.25, -0.2) is 0 Å². The minimum Gasteiger partial charge on any atom is -0.497 e. The number of amides is 1. The van der Waals surface area contributed by atoms with E-state index in [-0.39, 0.29) is 5.24 Å². The first-order valence-electron chi connectivity index (χ1n) is 4.57. The molecule has 1 aromatic carbocycles. The van der Waals surface area contributed by atoms with Gasteiger partial charge in [-0.15, -0.1) is 0 Å². The molecule has 1 rings (SSSR count). The largest absolute Gasteiger partial charge is 0.497 e. The monoisotopic (exact) mass is 225 g/mol. The maximum atomic E-state index is 11.5. The van der Waals surface area contributed by atoms with Gasteiger partial charge >= 0.3 is 0 Å². The summed E-state index contributed by atoms with van der Waals surface area (Å²) < 4.78 is 5.14. The van der Waals surface area contributed by atoms with Crippen LogP contribution in [0.25, 0.3) is 0 Å². The van der Waals surface area contributed by atoms with Crippen molar-refractivity contribution in [2.75, 3.05) is 21.2 Å². The van der Waals surface area contributed by atoms with E-state index in [0.717, 1.165) is 16.2 Å². The smallest absolute Gasteiger partial charge is 0.285 e. The number of hydrogen-bond donors (Lipinski definition) is 0. The number of benzene rings is 1. The molecule has 0 saturated heterocycles. The summed E-state index contributed by atoms with van der Waals surface area (Å²) in [5.74, 6) is 0.782. The summed E-state index contributed by atoms with van der Waals surface area (Å²) in [6, 6.07) is 5.76. The SMILES string of the molecule is COc1cc(C)cc(SC(=O)N(C)C)c1. The summed E-state index contributed by atoms with van der Waals surface area (Å²) in [6.45, 7) is 1.98. The van der Waals surface area contributed by atoms with Crippen LogP contribution in [0, 0.1) is 6.92 Å². The second kappa shape index (κ2) is 5.07. The van der Waals surface area contributed by atoms with Crippen LogP contribution in [0.15, 0.2) is 23.1 Å². The molecule has 0 bridgehead atoms. The lowest BCUT2D eigenvalue weighted by atomic mass is 10.2. The molecule has 3 nitrogen and oxygen atoms in total. The van der Waals surface area contributed by atoms with Crippen LogP contribution in [0.1, 0.15) is 5.56 Å². The van der Waals surface area contributed by atoms with E-state index in [0.29, 0.717) is 0 Å². The first-order valence-corrected chi connectivity index (χ1v) is 5.39. The van der Waals surface area contributed by atoms with E-state index in [2.05, 4.69) is 0 Å². The Labute approximate surface area is 94.4 Å². The van der Waals surface area contributed by atoms with Gasteiger partial charge in [0.05, 0.1) is 7.11 Å². The molecule has 0 spiro atoms. The van der Waals surface area contributed by atoms with E-state index in [1.807, 2.05) is 25.1 Å². The third-order valence-electron chi connectivity index (χ3n) is 1.83. The number of nitrogens with zero attached hydrogens (tertiary/aromatic N) is 1. The third-order valence-corrected chi connectivity index (χ3v) is 2.84. The zero-order valence-electron chi connectivity index (χ0n) is 9.40. The Morgan fingerprint density at radius 3 is 2.53 bits per heavy atom. The lowest BCUT2D eigenvalue weighted by Crippen LogP contribution is -2.16. The average Bonchev–Trinajstić information content (AvgIpc) is 2.16. The van der Waals surface area contributed by atoms with E-state index < -0.39 is 0 Å². The lowest BCUT2D eigenvalue weighted by molar-refractivity contribution is 0.241. The maximum absolute atomic E-state index is 11.5. The topological polar surface area (TPSA) is 29.5 Å². The molecule has 0 saturated carbocycles. The highest BCUT2D eigenvalue weighted by Crippen LogP contribution is 2.26. The number of aryl methyl sites for hydroxylation is 1. The van der Waals surface area contributed by atoms with Gasteiger partial charge in [0.15, 0.2) is 0 Å². The zero-order valence-corrected chi connectivity index (χ0v) is 10.2. The van der Waals surface area contributed by atoms with E-state index in [1.54, 1.807) is 26.1 Å². The number of thioether (sulfide) groups is 1. The molecule has 0 atom stereocenters. The normalized spacial score (nSPS) is 9.87. The molecular weight excluding hydrogens is 210 g/mol. The number of methoxy groups -OCH3 is 1. The molecule has 0 heterocycles. The summed E-state index contributed by atoms with van der Waals surface area (Å²) in [5.41, 5.74) is 1.09. The fourth-order valence-electron chi connectivity index (χ4n) is 1.08. The molecule has 0 aliphatic heterocycles. The second-order valence-electron chi connectivity index (χ2n) is 3.45. The molecule has 1 aromatic rings. The number of hydrogen-bond acceptors (Lipinski definition) is 3.